The van der Waals surface area contributed by atoms with E-state index in [4.69, 9.17) is 14.2 Å². The fourth-order valence-electron chi connectivity index (χ4n) is 4.10. The number of nitrogens with zero attached hydrogens (tertiary/aromatic N) is 4. The second-order valence-corrected chi connectivity index (χ2v) is 8.11. The number of aryl methyl sites for hydroxylation is 1. The molecule has 30 heavy (non-hydrogen) atoms. The van der Waals surface area contributed by atoms with Gasteiger partial charge in [-0.2, -0.15) is 0 Å². The Kier molecular flexibility index (Phi) is 7.14. The Balaban J connectivity index is 1.36. The van der Waals surface area contributed by atoms with Crippen LogP contribution in [0.5, 0.6) is 0 Å². The van der Waals surface area contributed by atoms with Gasteiger partial charge in [-0.05, 0) is 51.6 Å². The van der Waals surface area contributed by atoms with Gasteiger partial charge < -0.3 is 25.0 Å². The lowest BCUT2D eigenvalue weighted by atomic mass is 9.93. The first-order valence-corrected chi connectivity index (χ1v) is 11.0. The quantitative estimate of drug-likeness (QED) is 0.558. The van der Waals surface area contributed by atoms with Crippen LogP contribution >= 0.6 is 0 Å². The van der Waals surface area contributed by atoms with E-state index in [0.29, 0.717) is 12.0 Å². The van der Waals surface area contributed by atoms with Crippen molar-refractivity contribution in [3.05, 3.63) is 18.0 Å². The zero-order chi connectivity index (χ0) is 20.8. The van der Waals surface area contributed by atoms with Gasteiger partial charge in [0, 0.05) is 31.9 Å². The van der Waals surface area contributed by atoms with E-state index in [9.17, 15) is 5.11 Å². The van der Waals surface area contributed by atoms with Crippen LogP contribution in [0, 0.1) is 6.92 Å². The van der Waals surface area contributed by atoms with Gasteiger partial charge in [0.2, 0.25) is 5.95 Å². The Labute approximate surface area is 177 Å². The molecule has 4 rings (SSSR count). The molecule has 1 aliphatic heterocycles. The van der Waals surface area contributed by atoms with Crippen molar-refractivity contribution in [1.82, 2.24) is 20.0 Å². The number of nitrogens with one attached hydrogen (secondary N) is 2. The third-order valence-electron chi connectivity index (χ3n) is 5.85. The van der Waals surface area contributed by atoms with E-state index in [2.05, 4.69) is 25.7 Å². The Morgan fingerprint density at radius 2 is 2.00 bits per heavy atom. The molecule has 2 fully saturated rings. The molecule has 2 aromatic rings. The van der Waals surface area contributed by atoms with Gasteiger partial charge in [-0.3, -0.25) is 4.90 Å². The Bertz CT molecular complexity index is 800. The number of rotatable bonds is 8. The first-order chi connectivity index (χ1) is 14.7. The summed E-state index contributed by atoms with van der Waals surface area (Å²) >= 11 is 0. The van der Waals surface area contributed by atoms with Gasteiger partial charge in [-0.1, -0.05) is 5.16 Å². The molecule has 1 saturated heterocycles. The number of ether oxygens (including phenoxy) is 1. The fraction of sp³-hybridized carbons (Fsp3) is 0.667. The molecule has 0 amide bonds. The maximum Gasteiger partial charge on any atom is 0.223 e. The molecule has 164 valence electrons. The topological polar surface area (TPSA) is 109 Å². The van der Waals surface area contributed by atoms with Gasteiger partial charge >= 0.3 is 0 Å². The third-order valence-corrected chi connectivity index (χ3v) is 5.85. The molecule has 3 N–H and O–H groups in total. The van der Waals surface area contributed by atoms with Crippen molar-refractivity contribution < 1.29 is 14.4 Å². The molecule has 0 atom stereocenters. The minimum atomic E-state index is -0.174. The zero-order valence-electron chi connectivity index (χ0n) is 17.6. The number of hydrogen-bond acceptors (Lipinski definition) is 9. The summed E-state index contributed by atoms with van der Waals surface area (Å²) in [5, 5.41) is 20.7. The summed E-state index contributed by atoms with van der Waals surface area (Å²) < 4.78 is 10.8. The molecule has 0 aromatic carbocycles. The smallest absolute Gasteiger partial charge is 0.223 e. The molecule has 9 nitrogen and oxygen atoms in total. The number of aliphatic hydroxyl groups is 1. The van der Waals surface area contributed by atoms with Crippen molar-refractivity contribution in [3.8, 4) is 11.3 Å². The van der Waals surface area contributed by atoms with Crippen molar-refractivity contribution in [2.75, 3.05) is 50.0 Å². The lowest BCUT2D eigenvalue weighted by molar-refractivity contribution is 0.0378. The SMILES string of the molecule is Cc1onc(NCCCN2CCOCC2)c1-c1ccnc(NC2CCC(O)CC2)n1. The second kappa shape index (κ2) is 10.2. The molecule has 1 saturated carbocycles. The van der Waals surface area contributed by atoms with Crippen LogP contribution in [0.25, 0.3) is 11.3 Å². The van der Waals surface area contributed by atoms with E-state index < -0.39 is 0 Å². The summed E-state index contributed by atoms with van der Waals surface area (Å²) in [5.74, 6) is 2.06. The summed E-state index contributed by atoms with van der Waals surface area (Å²) in [5.41, 5.74) is 1.67. The van der Waals surface area contributed by atoms with Crippen molar-refractivity contribution in [2.24, 2.45) is 0 Å². The Hall–Kier alpha value is -2.23. The van der Waals surface area contributed by atoms with Crippen molar-refractivity contribution in [2.45, 2.75) is 51.2 Å². The molecular weight excluding hydrogens is 384 g/mol. The van der Waals surface area contributed by atoms with Crippen LogP contribution in [0.4, 0.5) is 11.8 Å². The van der Waals surface area contributed by atoms with E-state index in [0.717, 1.165) is 94.3 Å². The fourth-order valence-corrected chi connectivity index (χ4v) is 4.10. The van der Waals surface area contributed by atoms with Crippen LogP contribution in [0.2, 0.25) is 0 Å². The molecule has 9 heteroatoms. The van der Waals surface area contributed by atoms with Gasteiger partial charge in [0.25, 0.3) is 0 Å². The molecule has 0 radical (unpaired) electrons. The molecule has 0 bridgehead atoms. The number of anilines is 2. The first kappa shape index (κ1) is 21.0. The van der Waals surface area contributed by atoms with E-state index in [1.165, 1.54) is 0 Å². The van der Waals surface area contributed by atoms with Crippen LogP contribution in [0.15, 0.2) is 16.8 Å². The Morgan fingerprint density at radius 1 is 1.20 bits per heavy atom. The van der Waals surface area contributed by atoms with Crippen LogP contribution in [-0.2, 0) is 4.74 Å². The molecule has 2 aromatic heterocycles. The van der Waals surface area contributed by atoms with Gasteiger partial charge in [0.15, 0.2) is 5.82 Å². The average molecular weight is 417 g/mol. The molecule has 3 heterocycles. The van der Waals surface area contributed by atoms with Crippen molar-refractivity contribution in [3.63, 3.8) is 0 Å². The summed E-state index contributed by atoms with van der Waals surface area (Å²) in [6, 6.07) is 2.18. The normalized spacial score (nSPS) is 22.7. The maximum absolute atomic E-state index is 9.69. The highest BCUT2D eigenvalue weighted by molar-refractivity contribution is 5.74. The van der Waals surface area contributed by atoms with E-state index in [1.807, 2.05) is 13.0 Å². The average Bonchev–Trinajstić information content (AvgIpc) is 3.14. The molecule has 2 aliphatic rings. The largest absolute Gasteiger partial charge is 0.393 e. The predicted molar refractivity (Wildman–Crippen MR) is 115 cm³/mol. The lowest BCUT2D eigenvalue weighted by Crippen LogP contribution is -2.37. The summed E-state index contributed by atoms with van der Waals surface area (Å²) in [6.07, 6.45) is 6.11. The summed E-state index contributed by atoms with van der Waals surface area (Å²) in [7, 11) is 0. The first-order valence-electron chi connectivity index (χ1n) is 11.0. The Morgan fingerprint density at radius 3 is 2.80 bits per heavy atom. The van der Waals surface area contributed by atoms with Crippen LogP contribution in [-0.4, -0.2) is 76.7 Å². The van der Waals surface area contributed by atoms with Crippen LogP contribution in [0.3, 0.4) is 0 Å². The molecule has 0 spiro atoms. The van der Waals surface area contributed by atoms with Crippen LogP contribution in [0.1, 0.15) is 37.9 Å². The predicted octanol–water partition coefficient (Wildman–Crippen LogP) is 2.29. The van der Waals surface area contributed by atoms with Gasteiger partial charge in [-0.15, -0.1) is 0 Å². The highest BCUT2D eigenvalue weighted by atomic mass is 16.5. The maximum atomic E-state index is 9.69. The summed E-state index contributed by atoms with van der Waals surface area (Å²) in [6.45, 7) is 7.42. The van der Waals surface area contributed by atoms with E-state index in [-0.39, 0.29) is 6.10 Å². The lowest BCUT2D eigenvalue weighted by Gasteiger charge is -2.26. The summed E-state index contributed by atoms with van der Waals surface area (Å²) in [4.78, 5) is 11.5. The number of aromatic nitrogens is 3. The van der Waals surface area contributed by atoms with E-state index in [1.54, 1.807) is 6.20 Å². The molecular formula is C21H32N6O3. The number of morpholine rings is 1. The van der Waals surface area contributed by atoms with Crippen molar-refractivity contribution >= 4 is 11.8 Å². The zero-order valence-corrected chi connectivity index (χ0v) is 17.6. The van der Waals surface area contributed by atoms with Gasteiger partial charge in [0.1, 0.15) is 5.76 Å². The molecule has 0 unspecified atom stereocenters. The standard InChI is InChI=1S/C21H32N6O3/c1-15-19(20(26-30-15)22-8-2-10-27-11-13-29-14-12-27)18-7-9-23-21(25-18)24-16-3-5-17(28)6-4-16/h7,9,16-17,28H,2-6,8,10-14H2,1H3,(H,22,26)(H,23,24,25). The van der Waals surface area contributed by atoms with E-state index >= 15 is 0 Å². The number of hydrogen-bond donors (Lipinski definition) is 3. The second-order valence-electron chi connectivity index (χ2n) is 8.11. The van der Waals surface area contributed by atoms with Crippen molar-refractivity contribution in [1.29, 1.82) is 0 Å². The van der Waals surface area contributed by atoms with Crippen LogP contribution < -0.4 is 10.6 Å². The third kappa shape index (κ3) is 5.47. The monoisotopic (exact) mass is 416 g/mol. The highest BCUT2D eigenvalue weighted by Gasteiger charge is 2.21. The minimum Gasteiger partial charge on any atom is -0.393 e. The van der Waals surface area contributed by atoms with Gasteiger partial charge in [0.05, 0.1) is 30.6 Å². The number of aliphatic hydroxyl groups excluding tert-OH is 1. The molecule has 1 aliphatic carbocycles. The minimum absolute atomic E-state index is 0.174. The van der Waals surface area contributed by atoms with Gasteiger partial charge in [-0.25, -0.2) is 9.97 Å². The highest BCUT2D eigenvalue weighted by Crippen LogP contribution is 2.30.